The number of ether oxygens (including phenoxy) is 1. The second-order valence-electron chi connectivity index (χ2n) is 2.94. The maximum atomic E-state index is 12.6. The molecule has 88 valence electrons. The summed E-state index contributed by atoms with van der Waals surface area (Å²) in [6.45, 7) is -0.0667. The van der Waals surface area contributed by atoms with E-state index in [0.29, 0.717) is 0 Å². The molecule has 0 fully saturated rings. The minimum absolute atomic E-state index is 0.0667. The maximum Gasteiger partial charge on any atom is 0.355 e. The van der Waals surface area contributed by atoms with Crippen LogP contribution in [0.2, 0.25) is 0 Å². The van der Waals surface area contributed by atoms with E-state index < -0.39 is 29.1 Å². The Bertz CT molecular complexity index is 457. The Kier molecular flexibility index (Phi) is 3.73. The van der Waals surface area contributed by atoms with Gasteiger partial charge in [0.05, 0.1) is 12.7 Å². The number of hydrogen-bond donors (Lipinski definition) is 2. The van der Waals surface area contributed by atoms with Crippen LogP contribution >= 0.6 is 0 Å². The van der Waals surface area contributed by atoms with Gasteiger partial charge in [-0.2, -0.15) is 0 Å². The molecule has 0 aliphatic carbocycles. The third-order valence-corrected chi connectivity index (χ3v) is 1.95. The number of nitrogens with one attached hydrogen (secondary N) is 1. The predicted octanol–water partition coefficient (Wildman–Crippen LogP) is 0.558. The van der Waals surface area contributed by atoms with Crippen LogP contribution in [-0.2, 0) is 11.3 Å². The third-order valence-electron chi connectivity index (χ3n) is 1.95. The summed E-state index contributed by atoms with van der Waals surface area (Å²) in [5, 5.41) is 0. The van der Waals surface area contributed by atoms with Crippen LogP contribution in [-0.4, -0.2) is 18.1 Å². The van der Waals surface area contributed by atoms with E-state index in [9.17, 15) is 18.4 Å². The molecule has 0 atom stereocenters. The molecule has 1 heterocycles. The molecule has 1 rings (SSSR count). The van der Waals surface area contributed by atoms with Crippen molar-refractivity contribution in [3.63, 3.8) is 0 Å². The number of pyridine rings is 1. The van der Waals surface area contributed by atoms with Crippen LogP contribution in [0, 0.1) is 0 Å². The minimum atomic E-state index is -3.05. The van der Waals surface area contributed by atoms with Crippen molar-refractivity contribution in [2.45, 2.75) is 13.0 Å². The molecule has 0 saturated heterocycles. The van der Waals surface area contributed by atoms with Crippen LogP contribution in [0.1, 0.15) is 28.2 Å². The number of H-pyrrole nitrogens is 1. The van der Waals surface area contributed by atoms with Gasteiger partial charge in [0.1, 0.15) is 5.69 Å². The first-order chi connectivity index (χ1) is 7.51. The molecule has 3 N–H and O–H groups in total. The highest BCUT2D eigenvalue weighted by Gasteiger charge is 2.23. The second-order valence-corrected chi connectivity index (χ2v) is 2.94. The SMILES string of the molecule is COC(=O)c1[nH]c(CN)cc(=O)c1C(F)F. The van der Waals surface area contributed by atoms with Crippen LogP contribution < -0.4 is 11.2 Å². The number of esters is 1. The molecule has 5 nitrogen and oxygen atoms in total. The Morgan fingerprint density at radius 3 is 2.69 bits per heavy atom. The molecular weight excluding hydrogens is 222 g/mol. The molecule has 1 aromatic rings. The number of rotatable bonds is 3. The summed E-state index contributed by atoms with van der Waals surface area (Å²) in [5.74, 6) is -1.03. The molecule has 0 aliphatic rings. The lowest BCUT2D eigenvalue weighted by molar-refractivity contribution is 0.0580. The van der Waals surface area contributed by atoms with Crippen LogP contribution in [0.3, 0.4) is 0 Å². The number of carbonyl (C=O) groups is 1. The average molecular weight is 232 g/mol. The maximum absolute atomic E-state index is 12.6. The van der Waals surface area contributed by atoms with E-state index in [2.05, 4.69) is 9.72 Å². The van der Waals surface area contributed by atoms with Crippen LogP contribution in [0.25, 0.3) is 0 Å². The van der Waals surface area contributed by atoms with Gasteiger partial charge in [-0.1, -0.05) is 0 Å². The smallest absolute Gasteiger partial charge is 0.355 e. The molecule has 0 amide bonds. The van der Waals surface area contributed by atoms with Crippen molar-refractivity contribution < 1.29 is 18.3 Å². The van der Waals surface area contributed by atoms with Gasteiger partial charge in [-0.25, -0.2) is 13.6 Å². The van der Waals surface area contributed by atoms with Crippen molar-refractivity contribution in [3.8, 4) is 0 Å². The summed E-state index contributed by atoms with van der Waals surface area (Å²) in [4.78, 5) is 24.9. The standard InChI is InChI=1S/C9H10F2N2O3/c1-16-9(15)7-6(8(10)11)5(14)2-4(3-12)13-7/h2,8H,3,12H2,1H3,(H,13,14). The predicted molar refractivity (Wildman–Crippen MR) is 51.3 cm³/mol. The molecule has 0 aliphatic heterocycles. The van der Waals surface area contributed by atoms with E-state index in [-0.39, 0.29) is 12.2 Å². The van der Waals surface area contributed by atoms with Gasteiger partial charge in [-0.15, -0.1) is 0 Å². The summed E-state index contributed by atoms with van der Waals surface area (Å²) >= 11 is 0. The van der Waals surface area contributed by atoms with E-state index >= 15 is 0 Å². The Balaban J connectivity index is 3.46. The third kappa shape index (κ3) is 2.25. The quantitative estimate of drug-likeness (QED) is 0.745. The molecule has 16 heavy (non-hydrogen) atoms. The number of alkyl halides is 2. The van der Waals surface area contributed by atoms with Crippen molar-refractivity contribution in [2.75, 3.05) is 7.11 Å². The van der Waals surface area contributed by atoms with Crippen molar-refractivity contribution >= 4 is 5.97 Å². The number of methoxy groups -OCH3 is 1. The fourth-order valence-corrected chi connectivity index (χ4v) is 1.21. The number of hydrogen-bond acceptors (Lipinski definition) is 4. The van der Waals surface area contributed by atoms with Crippen LogP contribution in [0.15, 0.2) is 10.9 Å². The average Bonchev–Trinajstić information content (AvgIpc) is 2.26. The summed E-state index contributed by atoms with van der Waals surface area (Å²) in [6, 6.07) is 0.938. The van der Waals surface area contributed by atoms with Gasteiger partial charge in [0, 0.05) is 18.3 Å². The van der Waals surface area contributed by atoms with E-state index in [1.54, 1.807) is 0 Å². The molecule has 0 radical (unpaired) electrons. The van der Waals surface area contributed by atoms with Gasteiger partial charge >= 0.3 is 5.97 Å². The summed E-state index contributed by atoms with van der Waals surface area (Å²) in [5.41, 5.74) is 3.05. The Labute approximate surface area is 89.2 Å². The van der Waals surface area contributed by atoms with Crippen LogP contribution in [0.5, 0.6) is 0 Å². The van der Waals surface area contributed by atoms with Crippen molar-refractivity contribution in [1.29, 1.82) is 0 Å². The zero-order chi connectivity index (χ0) is 12.3. The topological polar surface area (TPSA) is 85.2 Å². The van der Waals surface area contributed by atoms with Gasteiger partial charge in [0.25, 0.3) is 6.43 Å². The van der Waals surface area contributed by atoms with Crippen molar-refractivity contribution in [3.05, 3.63) is 33.2 Å². The first-order valence-electron chi connectivity index (χ1n) is 4.33. The van der Waals surface area contributed by atoms with Gasteiger partial charge in [0.2, 0.25) is 0 Å². The van der Waals surface area contributed by atoms with E-state index in [4.69, 9.17) is 5.73 Å². The van der Waals surface area contributed by atoms with Crippen molar-refractivity contribution in [2.24, 2.45) is 5.73 Å². The minimum Gasteiger partial charge on any atom is -0.464 e. The first kappa shape index (κ1) is 12.3. The lowest BCUT2D eigenvalue weighted by Gasteiger charge is -2.08. The summed E-state index contributed by atoms with van der Waals surface area (Å²) in [7, 11) is 1.03. The van der Waals surface area contributed by atoms with E-state index in [1.807, 2.05) is 0 Å². The molecule has 0 bridgehead atoms. The molecule has 0 unspecified atom stereocenters. The summed E-state index contributed by atoms with van der Waals surface area (Å²) < 4.78 is 29.4. The second kappa shape index (κ2) is 4.84. The normalized spacial score (nSPS) is 10.6. The van der Waals surface area contributed by atoms with E-state index in [0.717, 1.165) is 13.2 Å². The highest BCUT2D eigenvalue weighted by atomic mass is 19.3. The fraction of sp³-hybridized carbons (Fsp3) is 0.333. The Morgan fingerprint density at radius 1 is 1.62 bits per heavy atom. The Hall–Kier alpha value is -1.76. The summed E-state index contributed by atoms with van der Waals surface area (Å²) in [6.07, 6.45) is -3.05. The largest absolute Gasteiger partial charge is 0.464 e. The highest BCUT2D eigenvalue weighted by Crippen LogP contribution is 2.18. The first-order valence-corrected chi connectivity index (χ1v) is 4.33. The van der Waals surface area contributed by atoms with Crippen molar-refractivity contribution in [1.82, 2.24) is 4.98 Å². The molecule has 0 spiro atoms. The van der Waals surface area contributed by atoms with Gasteiger partial charge in [-0.3, -0.25) is 4.79 Å². The number of aromatic amines is 1. The molecule has 0 saturated carbocycles. The Morgan fingerprint density at radius 2 is 2.25 bits per heavy atom. The van der Waals surface area contributed by atoms with Gasteiger partial charge in [-0.05, 0) is 0 Å². The van der Waals surface area contributed by atoms with E-state index in [1.165, 1.54) is 0 Å². The zero-order valence-electron chi connectivity index (χ0n) is 8.42. The van der Waals surface area contributed by atoms with Gasteiger partial charge < -0.3 is 15.5 Å². The number of aromatic nitrogens is 1. The zero-order valence-corrected chi connectivity index (χ0v) is 8.42. The molecule has 0 aromatic carbocycles. The van der Waals surface area contributed by atoms with Gasteiger partial charge in [0.15, 0.2) is 5.43 Å². The number of carbonyl (C=O) groups excluding carboxylic acids is 1. The number of nitrogens with two attached hydrogens (primary N) is 1. The van der Waals surface area contributed by atoms with Crippen LogP contribution in [0.4, 0.5) is 8.78 Å². The molecular formula is C9H10F2N2O3. The lowest BCUT2D eigenvalue weighted by atomic mass is 10.1. The fourth-order valence-electron chi connectivity index (χ4n) is 1.21. The number of halogens is 2. The molecule has 1 aromatic heterocycles. The molecule has 7 heteroatoms. The lowest BCUT2D eigenvalue weighted by Crippen LogP contribution is -2.21. The highest BCUT2D eigenvalue weighted by molar-refractivity contribution is 5.88. The monoisotopic (exact) mass is 232 g/mol.